The standard InChI is InChI=1S/C13H17Cl2NO3/c1-7(2)12(13(17)18)16-6-8-4-10(15)11(19-3)5-9(8)14/h4-5,7,12,16H,6H2,1-3H3,(H,17,18)/t12-/m0/s1. The first-order valence-electron chi connectivity index (χ1n) is 5.85. The average Bonchev–Trinajstić information content (AvgIpc) is 2.32. The first kappa shape index (κ1) is 16.1. The Hall–Kier alpha value is -0.970. The van der Waals surface area contributed by atoms with Crippen LogP contribution in [0.1, 0.15) is 19.4 Å². The number of carboxylic acids is 1. The lowest BCUT2D eigenvalue weighted by Crippen LogP contribution is -2.40. The van der Waals surface area contributed by atoms with Crippen molar-refractivity contribution in [3.63, 3.8) is 0 Å². The van der Waals surface area contributed by atoms with Crippen LogP contribution in [0.5, 0.6) is 5.75 Å². The predicted molar refractivity (Wildman–Crippen MR) is 76.1 cm³/mol. The normalized spacial score (nSPS) is 12.5. The van der Waals surface area contributed by atoms with E-state index in [1.165, 1.54) is 7.11 Å². The largest absolute Gasteiger partial charge is 0.495 e. The van der Waals surface area contributed by atoms with E-state index in [1.54, 1.807) is 12.1 Å². The van der Waals surface area contributed by atoms with Gasteiger partial charge in [0.2, 0.25) is 0 Å². The van der Waals surface area contributed by atoms with Gasteiger partial charge in [-0.2, -0.15) is 0 Å². The number of carbonyl (C=O) groups is 1. The predicted octanol–water partition coefficient (Wildman–Crippen LogP) is 3.20. The molecule has 0 unspecified atom stereocenters. The van der Waals surface area contributed by atoms with E-state index in [0.717, 1.165) is 5.56 Å². The molecule has 0 spiro atoms. The van der Waals surface area contributed by atoms with Gasteiger partial charge in [-0.1, -0.05) is 37.0 Å². The highest BCUT2D eigenvalue weighted by Crippen LogP contribution is 2.30. The van der Waals surface area contributed by atoms with Crippen molar-refractivity contribution in [1.82, 2.24) is 5.32 Å². The van der Waals surface area contributed by atoms with Gasteiger partial charge in [0.25, 0.3) is 0 Å². The van der Waals surface area contributed by atoms with Crippen molar-refractivity contribution < 1.29 is 14.6 Å². The smallest absolute Gasteiger partial charge is 0.320 e. The van der Waals surface area contributed by atoms with Crippen LogP contribution in [0.25, 0.3) is 0 Å². The molecule has 0 fully saturated rings. The summed E-state index contributed by atoms with van der Waals surface area (Å²) in [5.41, 5.74) is 0.736. The number of hydrogen-bond acceptors (Lipinski definition) is 3. The van der Waals surface area contributed by atoms with Crippen molar-refractivity contribution in [1.29, 1.82) is 0 Å². The number of hydrogen-bond donors (Lipinski definition) is 2. The van der Waals surface area contributed by atoms with Gasteiger partial charge in [-0.3, -0.25) is 4.79 Å². The van der Waals surface area contributed by atoms with Crippen LogP contribution in [0.4, 0.5) is 0 Å². The minimum absolute atomic E-state index is 0.0232. The van der Waals surface area contributed by atoms with Crippen LogP contribution in [0, 0.1) is 5.92 Å². The van der Waals surface area contributed by atoms with E-state index in [0.29, 0.717) is 22.3 Å². The molecule has 0 aliphatic heterocycles. The number of nitrogens with one attached hydrogen (secondary N) is 1. The van der Waals surface area contributed by atoms with Crippen molar-refractivity contribution >= 4 is 29.2 Å². The minimum atomic E-state index is -0.884. The van der Waals surface area contributed by atoms with E-state index < -0.39 is 12.0 Å². The maximum absolute atomic E-state index is 11.1. The number of halogens is 2. The molecule has 0 aromatic heterocycles. The summed E-state index contributed by atoms with van der Waals surface area (Å²) in [5, 5.41) is 13.0. The van der Waals surface area contributed by atoms with E-state index in [2.05, 4.69) is 5.32 Å². The SMILES string of the molecule is COc1cc(Cl)c(CN[C@H](C(=O)O)C(C)C)cc1Cl. The van der Waals surface area contributed by atoms with Crippen LogP contribution in [0.2, 0.25) is 10.0 Å². The number of ether oxygens (including phenoxy) is 1. The second-order valence-electron chi connectivity index (χ2n) is 4.52. The van der Waals surface area contributed by atoms with Crippen molar-refractivity contribution in [2.45, 2.75) is 26.4 Å². The molecule has 19 heavy (non-hydrogen) atoms. The molecule has 0 bridgehead atoms. The summed E-state index contributed by atoms with van der Waals surface area (Å²) >= 11 is 12.1. The van der Waals surface area contributed by atoms with Crippen molar-refractivity contribution in [3.8, 4) is 5.75 Å². The van der Waals surface area contributed by atoms with Gasteiger partial charge in [0.15, 0.2) is 0 Å². The Labute approximate surface area is 122 Å². The maximum Gasteiger partial charge on any atom is 0.320 e. The fourth-order valence-electron chi connectivity index (χ4n) is 1.69. The highest BCUT2D eigenvalue weighted by atomic mass is 35.5. The van der Waals surface area contributed by atoms with Crippen LogP contribution in [0.15, 0.2) is 12.1 Å². The van der Waals surface area contributed by atoms with Crippen LogP contribution < -0.4 is 10.1 Å². The summed E-state index contributed by atoms with van der Waals surface area (Å²) in [5.74, 6) is -0.412. The quantitative estimate of drug-likeness (QED) is 0.847. The van der Waals surface area contributed by atoms with Crippen molar-refractivity contribution in [3.05, 3.63) is 27.7 Å². The number of benzene rings is 1. The highest BCUT2D eigenvalue weighted by molar-refractivity contribution is 6.34. The third-order valence-electron chi connectivity index (χ3n) is 2.77. The average molecular weight is 306 g/mol. The number of aliphatic carboxylic acids is 1. The molecule has 0 aliphatic carbocycles. The fraction of sp³-hybridized carbons (Fsp3) is 0.462. The van der Waals surface area contributed by atoms with Gasteiger partial charge >= 0.3 is 5.97 Å². The van der Waals surface area contributed by atoms with Gasteiger partial charge in [-0.05, 0) is 17.5 Å². The van der Waals surface area contributed by atoms with Gasteiger partial charge in [0, 0.05) is 17.6 Å². The molecule has 0 amide bonds. The summed E-state index contributed by atoms with van der Waals surface area (Å²) in [6.45, 7) is 4.01. The lowest BCUT2D eigenvalue weighted by molar-refractivity contribution is -0.140. The Morgan fingerprint density at radius 1 is 1.37 bits per heavy atom. The Kier molecular flexibility index (Phi) is 5.91. The Morgan fingerprint density at radius 2 is 2.00 bits per heavy atom. The molecule has 1 aromatic carbocycles. The molecule has 1 rings (SSSR count). The molecular formula is C13H17Cl2NO3. The molecule has 106 valence electrons. The van der Waals surface area contributed by atoms with E-state index in [4.69, 9.17) is 33.0 Å². The third kappa shape index (κ3) is 4.27. The molecule has 2 N–H and O–H groups in total. The molecule has 0 aliphatic rings. The van der Waals surface area contributed by atoms with Crippen LogP contribution in [-0.4, -0.2) is 24.2 Å². The number of rotatable bonds is 6. The molecule has 1 aromatic rings. The monoisotopic (exact) mass is 305 g/mol. The van der Waals surface area contributed by atoms with Crippen LogP contribution in [-0.2, 0) is 11.3 Å². The Morgan fingerprint density at radius 3 is 2.47 bits per heavy atom. The Balaban J connectivity index is 2.83. The van der Waals surface area contributed by atoms with Crippen molar-refractivity contribution in [2.24, 2.45) is 5.92 Å². The van der Waals surface area contributed by atoms with Crippen LogP contribution >= 0.6 is 23.2 Å². The molecule has 0 radical (unpaired) electrons. The van der Waals surface area contributed by atoms with E-state index in [-0.39, 0.29) is 5.92 Å². The summed E-state index contributed by atoms with van der Waals surface area (Å²) < 4.78 is 5.05. The zero-order chi connectivity index (χ0) is 14.6. The number of carboxylic acid groups (broad SMARTS) is 1. The van der Waals surface area contributed by atoms with E-state index >= 15 is 0 Å². The summed E-state index contributed by atoms with van der Waals surface area (Å²) in [6.07, 6.45) is 0. The fourth-order valence-corrected chi connectivity index (χ4v) is 2.17. The topological polar surface area (TPSA) is 58.6 Å². The third-order valence-corrected chi connectivity index (χ3v) is 3.41. The lowest BCUT2D eigenvalue weighted by atomic mass is 10.0. The zero-order valence-electron chi connectivity index (χ0n) is 11.0. The molecule has 0 heterocycles. The van der Waals surface area contributed by atoms with Gasteiger partial charge in [-0.15, -0.1) is 0 Å². The molecule has 1 atom stereocenters. The molecule has 4 nitrogen and oxygen atoms in total. The summed E-state index contributed by atoms with van der Waals surface area (Å²) in [7, 11) is 1.51. The second kappa shape index (κ2) is 6.98. The second-order valence-corrected chi connectivity index (χ2v) is 5.33. The number of methoxy groups -OCH3 is 1. The summed E-state index contributed by atoms with van der Waals surface area (Å²) in [6, 6.07) is 2.66. The lowest BCUT2D eigenvalue weighted by Gasteiger charge is -2.18. The Bertz CT molecular complexity index is 463. The molecular weight excluding hydrogens is 289 g/mol. The van der Waals surface area contributed by atoms with Gasteiger partial charge in [0.05, 0.1) is 12.1 Å². The van der Waals surface area contributed by atoms with Crippen molar-refractivity contribution in [2.75, 3.05) is 7.11 Å². The van der Waals surface area contributed by atoms with E-state index in [9.17, 15) is 4.79 Å². The van der Waals surface area contributed by atoms with Gasteiger partial charge in [0.1, 0.15) is 11.8 Å². The van der Waals surface area contributed by atoms with Gasteiger partial charge < -0.3 is 15.2 Å². The zero-order valence-corrected chi connectivity index (χ0v) is 12.5. The van der Waals surface area contributed by atoms with Crippen LogP contribution in [0.3, 0.4) is 0 Å². The first-order valence-corrected chi connectivity index (χ1v) is 6.60. The first-order chi connectivity index (χ1) is 8.86. The maximum atomic E-state index is 11.1. The van der Waals surface area contributed by atoms with Gasteiger partial charge in [-0.25, -0.2) is 0 Å². The summed E-state index contributed by atoms with van der Waals surface area (Å²) in [4.78, 5) is 11.1. The minimum Gasteiger partial charge on any atom is -0.495 e. The van der Waals surface area contributed by atoms with E-state index in [1.807, 2.05) is 13.8 Å². The molecule has 0 saturated heterocycles. The highest BCUT2D eigenvalue weighted by Gasteiger charge is 2.21. The molecule has 0 saturated carbocycles. The molecule has 6 heteroatoms.